The van der Waals surface area contributed by atoms with Crippen molar-refractivity contribution in [2.45, 2.75) is 52.4 Å². The maximum Gasteiger partial charge on any atom is 0.0541 e. The lowest BCUT2D eigenvalue weighted by Crippen LogP contribution is -2.10. The van der Waals surface area contributed by atoms with Gasteiger partial charge >= 0.3 is 0 Å². The first-order chi connectivity index (χ1) is 16.0. The highest BCUT2D eigenvalue weighted by Crippen LogP contribution is 2.37. The number of benzene rings is 4. The van der Waals surface area contributed by atoms with Gasteiger partial charge in [-0.1, -0.05) is 93.9 Å². The predicted octanol–water partition coefficient (Wildman–Crippen LogP) is 9.81. The van der Waals surface area contributed by atoms with Crippen molar-refractivity contribution in [1.29, 1.82) is 0 Å². The van der Waals surface area contributed by atoms with Crippen molar-refractivity contribution < 1.29 is 0 Å². The van der Waals surface area contributed by atoms with E-state index in [2.05, 4.69) is 147 Å². The van der Waals surface area contributed by atoms with Gasteiger partial charge in [-0.05, 0) is 81.6 Å². The van der Waals surface area contributed by atoms with Gasteiger partial charge in [-0.25, -0.2) is 0 Å². The van der Waals surface area contributed by atoms with Crippen LogP contribution >= 0.6 is 15.9 Å². The van der Waals surface area contributed by atoms with Gasteiger partial charge in [-0.15, -0.1) is 0 Å². The maximum absolute atomic E-state index is 3.59. The smallest absolute Gasteiger partial charge is 0.0541 e. The molecule has 0 aliphatic heterocycles. The van der Waals surface area contributed by atoms with E-state index in [1.54, 1.807) is 0 Å². The fourth-order valence-electron chi connectivity index (χ4n) is 4.71. The van der Waals surface area contributed by atoms with Crippen LogP contribution in [0.2, 0.25) is 0 Å². The van der Waals surface area contributed by atoms with Crippen LogP contribution in [0.5, 0.6) is 0 Å². The fraction of sp³-hybridized carbons (Fsp3) is 0.250. The molecule has 0 N–H and O–H groups in total. The Morgan fingerprint density at radius 3 is 1.56 bits per heavy atom. The van der Waals surface area contributed by atoms with Gasteiger partial charge in [0.15, 0.2) is 0 Å². The molecule has 0 unspecified atom stereocenters. The Kier molecular flexibility index (Phi) is 5.48. The average Bonchev–Trinajstić information content (AvgIpc) is 3.11. The van der Waals surface area contributed by atoms with Crippen LogP contribution in [-0.4, -0.2) is 4.57 Å². The Morgan fingerprint density at radius 2 is 1.09 bits per heavy atom. The Hall–Kier alpha value is -2.84. The van der Waals surface area contributed by atoms with Gasteiger partial charge in [-0.2, -0.15) is 0 Å². The monoisotopic (exact) mass is 509 g/mol. The molecule has 0 saturated carbocycles. The summed E-state index contributed by atoms with van der Waals surface area (Å²) < 4.78 is 3.51. The highest BCUT2D eigenvalue weighted by Gasteiger charge is 2.20. The first-order valence-electron chi connectivity index (χ1n) is 12.0. The van der Waals surface area contributed by atoms with Crippen molar-refractivity contribution in [2.75, 3.05) is 0 Å². The topological polar surface area (TPSA) is 4.93 Å². The van der Waals surface area contributed by atoms with E-state index in [1.807, 2.05) is 0 Å². The second-order valence-corrected chi connectivity index (χ2v) is 12.3. The molecule has 0 atom stereocenters. The molecule has 0 aliphatic carbocycles. The van der Waals surface area contributed by atoms with Crippen LogP contribution in [0, 0.1) is 0 Å². The highest BCUT2D eigenvalue weighted by molar-refractivity contribution is 9.10. The minimum Gasteiger partial charge on any atom is -0.309 e. The van der Waals surface area contributed by atoms with E-state index in [1.165, 1.54) is 49.7 Å². The highest BCUT2D eigenvalue weighted by atomic mass is 79.9. The predicted molar refractivity (Wildman–Crippen MR) is 151 cm³/mol. The van der Waals surface area contributed by atoms with E-state index in [4.69, 9.17) is 0 Å². The molecule has 172 valence electrons. The molecule has 5 rings (SSSR count). The normalized spacial score (nSPS) is 12.6. The van der Waals surface area contributed by atoms with E-state index < -0.39 is 0 Å². The third-order valence-electron chi connectivity index (χ3n) is 6.78. The summed E-state index contributed by atoms with van der Waals surface area (Å²) in [4.78, 5) is 0. The molecule has 5 aromatic rings. The lowest BCUT2D eigenvalue weighted by Gasteiger charge is -2.19. The van der Waals surface area contributed by atoms with Crippen LogP contribution < -0.4 is 0 Å². The quantitative estimate of drug-likeness (QED) is 0.223. The molecule has 1 aromatic heterocycles. The lowest BCUT2D eigenvalue weighted by atomic mass is 9.85. The largest absolute Gasteiger partial charge is 0.309 e. The van der Waals surface area contributed by atoms with Crippen LogP contribution in [-0.2, 0) is 10.8 Å². The van der Waals surface area contributed by atoms with Crippen LogP contribution in [0.1, 0.15) is 52.7 Å². The van der Waals surface area contributed by atoms with Crippen molar-refractivity contribution in [3.05, 3.63) is 101 Å². The van der Waals surface area contributed by atoms with E-state index in [0.717, 1.165) is 4.47 Å². The zero-order valence-corrected chi connectivity index (χ0v) is 22.5. The molecular weight excluding hydrogens is 478 g/mol. The maximum atomic E-state index is 3.59. The molecular formula is C32H32BrN. The Balaban J connectivity index is 1.74. The molecule has 1 nitrogen and oxygen atoms in total. The number of nitrogens with zero attached hydrogens (tertiary/aromatic N) is 1. The molecule has 0 spiro atoms. The second kappa shape index (κ2) is 8.13. The SMILES string of the molecule is CC(C)(C)c1ccc2c(c1)c1cc(C(C)(C)C)ccc1n2-c1ccc(-c2cccc(Br)c2)cc1. The summed E-state index contributed by atoms with van der Waals surface area (Å²) >= 11 is 3.59. The van der Waals surface area contributed by atoms with Gasteiger partial charge in [0.2, 0.25) is 0 Å². The number of fused-ring (bicyclic) bond motifs is 3. The van der Waals surface area contributed by atoms with Gasteiger partial charge in [0.25, 0.3) is 0 Å². The van der Waals surface area contributed by atoms with Crippen molar-refractivity contribution in [3.8, 4) is 16.8 Å². The number of aromatic nitrogens is 1. The molecule has 34 heavy (non-hydrogen) atoms. The van der Waals surface area contributed by atoms with Crippen LogP contribution in [0.25, 0.3) is 38.6 Å². The zero-order chi connectivity index (χ0) is 24.3. The first kappa shape index (κ1) is 22.9. The summed E-state index contributed by atoms with van der Waals surface area (Å²) in [7, 11) is 0. The van der Waals surface area contributed by atoms with Gasteiger partial charge < -0.3 is 4.57 Å². The molecule has 0 amide bonds. The summed E-state index contributed by atoms with van der Waals surface area (Å²) in [6, 6.07) is 31.4. The summed E-state index contributed by atoms with van der Waals surface area (Å²) in [5.74, 6) is 0. The molecule has 0 saturated heterocycles. The fourth-order valence-corrected chi connectivity index (χ4v) is 5.10. The number of halogens is 1. The van der Waals surface area contributed by atoms with Crippen LogP contribution in [0.3, 0.4) is 0 Å². The molecule has 0 bridgehead atoms. The third kappa shape index (κ3) is 4.09. The number of rotatable bonds is 2. The number of hydrogen-bond donors (Lipinski definition) is 0. The lowest BCUT2D eigenvalue weighted by molar-refractivity contribution is 0.590. The van der Waals surface area contributed by atoms with E-state index in [0.29, 0.717) is 0 Å². The van der Waals surface area contributed by atoms with Crippen molar-refractivity contribution >= 4 is 37.7 Å². The number of hydrogen-bond acceptors (Lipinski definition) is 0. The van der Waals surface area contributed by atoms with Gasteiger partial charge in [0, 0.05) is 20.9 Å². The van der Waals surface area contributed by atoms with Crippen molar-refractivity contribution in [3.63, 3.8) is 0 Å². The van der Waals surface area contributed by atoms with Gasteiger partial charge in [0.05, 0.1) is 11.0 Å². The third-order valence-corrected chi connectivity index (χ3v) is 7.27. The summed E-state index contributed by atoms with van der Waals surface area (Å²) in [6.07, 6.45) is 0. The minimum absolute atomic E-state index is 0.107. The first-order valence-corrected chi connectivity index (χ1v) is 12.8. The van der Waals surface area contributed by atoms with Gasteiger partial charge in [-0.3, -0.25) is 0 Å². The second-order valence-electron chi connectivity index (χ2n) is 11.4. The standard InChI is InChI=1S/C32H32BrN/c1-31(2,3)23-12-16-29-27(19-23)28-20-24(32(4,5)6)13-17-30(28)34(29)26-14-10-21(11-15-26)22-8-7-9-25(33)18-22/h7-20H,1-6H3. The molecule has 2 heteroatoms. The van der Waals surface area contributed by atoms with E-state index in [9.17, 15) is 0 Å². The van der Waals surface area contributed by atoms with Crippen LogP contribution in [0.4, 0.5) is 0 Å². The summed E-state index contributed by atoms with van der Waals surface area (Å²) in [5, 5.41) is 2.65. The molecule has 0 radical (unpaired) electrons. The molecule has 0 fully saturated rings. The van der Waals surface area contributed by atoms with Crippen molar-refractivity contribution in [1.82, 2.24) is 4.57 Å². The summed E-state index contributed by atoms with van der Waals surface area (Å²) in [5.41, 5.74) is 9.07. The molecule has 1 heterocycles. The average molecular weight is 511 g/mol. The van der Waals surface area contributed by atoms with E-state index in [-0.39, 0.29) is 10.8 Å². The van der Waals surface area contributed by atoms with Gasteiger partial charge in [0.1, 0.15) is 0 Å². The minimum atomic E-state index is 0.107. The van der Waals surface area contributed by atoms with E-state index >= 15 is 0 Å². The zero-order valence-electron chi connectivity index (χ0n) is 20.9. The Labute approximate surface area is 211 Å². The van der Waals surface area contributed by atoms with Crippen molar-refractivity contribution in [2.24, 2.45) is 0 Å². The molecule has 0 aliphatic rings. The Bertz CT molecular complexity index is 1430. The Morgan fingerprint density at radius 1 is 0.559 bits per heavy atom. The summed E-state index contributed by atoms with van der Waals surface area (Å²) in [6.45, 7) is 13.7. The molecule has 4 aromatic carbocycles. The van der Waals surface area contributed by atoms with Crippen LogP contribution in [0.15, 0.2) is 89.4 Å².